The topological polar surface area (TPSA) is 67.1 Å². The number of rotatable bonds is 2. The van der Waals surface area contributed by atoms with Crippen LogP contribution in [0.4, 0.5) is 0 Å². The molecule has 0 saturated heterocycles. The molecule has 1 aliphatic heterocycles. The van der Waals surface area contributed by atoms with E-state index in [0.717, 1.165) is 32.2 Å². The smallest absolute Gasteiger partial charge is 0.237 e. The Hall–Kier alpha value is -1.43. The van der Waals surface area contributed by atoms with Crippen molar-refractivity contribution in [3.63, 3.8) is 0 Å². The van der Waals surface area contributed by atoms with E-state index in [9.17, 15) is 4.79 Å². The SMILES string of the molecule is NC1CCCCC1NC(=O)[C@H]1Cc2c(sc3ccccc23)CN1. The van der Waals surface area contributed by atoms with Crippen molar-refractivity contribution >= 4 is 27.3 Å². The predicted octanol–water partition coefficient (Wildman–Crippen LogP) is 2.30. The molecular weight excluding hydrogens is 306 g/mol. The second kappa shape index (κ2) is 6.23. The predicted molar refractivity (Wildman–Crippen MR) is 94.5 cm³/mol. The van der Waals surface area contributed by atoms with Gasteiger partial charge in [0.15, 0.2) is 0 Å². The molecule has 5 heteroatoms. The number of thiophene rings is 1. The molecule has 1 fully saturated rings. The van der Waals surface area contributed by atoms with Crippen molar-refractivity contribution in [2.24, 2.45) is 5.73 Å². The third-order valence-corrected chi connectivity index (χ3v) is 6.38. The lowest BCUT2D eigenvalue weighted by Crippen LogP contribution is -2.55. The highest BCUT2D eigenvalue weighted by Crippen LogP contribution is 2.34. The first-order valence-electron chi connectivity index (χ1n) is 8.51. The molecule has 0 spiro atoms. The van der Waals surface area contributed by atoms with Crippen LogP contribution in [0.1, 0.15) is 36.1 Å². The van der Waals surface area contributed by atoms with E-state index in [1.54, 1.807) is 0 Å². The van der Waals surface area contributed by atoms with E-state index in [-0.39, 0.29) is 24.0 Å². The molecule has 23 heavy (non-hydrogen) atoms. The van der Waals surface area contributed by atoms with E-state index in [0.29, 0.717) is 0 Å². The number of carbonyl (C=O) groups excluding carboxylic acids is 1. The second-order valence-corrected chi connectivity index (χ2v) is 7.84. The second-order valence-electron chi connectivity index (χ2n) is 6.70. The van der Waals surface area contributed by atoms with E-state index in [4.69, 9.17) is 5.73 Å². The Morgan fingerprint density at radius 3 is 2.96 bits per heavy atom. The Bertz CT molecular complexity index is 726. The number of benzene rings is 1. The Morgan fingerprint density at radius 2 is 2.09 bits per heavy atom. The van der Waals surface area contributed by atoms with Crippen LogP contribution in [-0.4, -0.2) is 24.0 Å². The van der Waals surface area contributed by atoms with Crippen LogP contribution in [0.2, 0.25) is 0 Å². The van der Waals surface area contributed by atoms with Crippen LogP contribution in [-0.2, 0) is 17.8 Å². The van der Waals surface area contributed by atoms with Crippen LogP contribution >= 0.6 is 11.3 Å². The highest BCUT2D eigenvalue weighted by atomic mass is 32.1. The van der Waals surface area contributed by atoms with Gasteiger partial charge in [0.05, 0.1) is 6.04 Å². The number of amides is 1. The number of nitrogens with two attached hydrogens (primary N) is 1. The number of carbonyl (C=O) groups is 1. The molecule has 0 radical (unpaired) electrons. The molecule has 3 atom stereocenters. The lowest BCUT2D eigenvalue weighted by molar-refractivity contribution is -0.124. The molecule has 2 aliphatic rings. The molecule has 1 aromatic carbocycles. The minimum absolute atomic E-state index is 0.105. The van der Waals surface area contributed by atoms with Gasteiger partial charge in [0.1, 0.15) is 0 Å². The van der Waals surface area contributed by atoms with Crippen LogP contribution in [0, 0.1) is 0 Å². The molecule has 122 valence electrons. The van der Waals surface area contributed by atoms with Crippen LogP contribution < -0.4 is 16.4 Å². The molecule has 1 saturated carbocycles. The van der Waals surface area contributed by atoms with E-state index in [1.807, 2.05) is 11.3 Å². The third-order valence-electron chi connectivity index (χ3n) is 5.16. The van der Waals surface area contributed by atoms with Gasteiger partial charge < -0.3 is 16.4 Å². The van der Waals surface area contributed by atoms with Gasteiger partial charge in [0.2, 0.25) is 5.91 Å². The first kappa shape index (κ1) is 15.1. The molecule has 2 aromatic rings. The monoisotopic (exact) mass is 329 g/mol. The van der Waals surface area contributed by atoms with Crippen molar-refractivity contribution < 1.29 is 4.79 Å². The van der Waals surface area contributed by atoms with Crippen molar-refractivity contribution in [1.29, 1.82) is 0 Å². The first-order valence-corrected chi connectivity index (χ1v) is 9.32. The quantitative estimate of drug-likeness (QED) is 0.792. The summed E-state index contributed by atoms with van der Waals surface area (Å²) in [5, 5.41) is 7.89. The maximum Gasteiger partial charge on any atom is 0.237 e. The van der Waals surface area contributed by atoms with Crippen molar-refractivity contribution in [1.82, 2.24) is 10.6 Å². The number of hydrogen-bond acceptors (Lipinski definition) is 4. The van der Waals surface area contributed by atoms with Crippen molar-refractivity contribution in [2.45, 2.75) is 56.8 Å². The molecule has 0 bridgehead atoms. The zero-order chi connectivity index (χ0) is 15.8. The molecule has 1 amide bonds. The minimum Gasteiger partial charge on any atom is -0.350 e. The third kappa shape index (κ3) is 2.89. The number of fused-ring (bicyclic) bond motifs is 3. The first-order chi connectivity index (χ1) is 11.2. The summed E-state index contributed by atoms with van der Waals surface area (Å²) in [4.78, 5) is 14.0. The fourth-order valence-electron chi connectivity index (χ4n) is 3.82. The van der Waals surface area contributed by atoms with E-state index >= 15 is 0 Å². The molecule has 4 nitrogen and oxygen atoms in total. The van der Waals surface area contributed by atoms with Crippen LogP contribution in [0.5, 0.6) is 0 Å². The summed E-state index contributed by atoms with van der Waals surface area (Å²) in [6.07, 6.45) is 5.14. The van der Waals surface area contributed by atoms with Crippen molar-refractivity contribution in [3.05, 3.63) is 34.7 Å². The van der Waals surface area contributed by atoms with Crippen LogP contribution in [0.25, 0.3) is 10.1 Å². The Balaban J connectivity index is 1.50. The summed E-state index contributed by atoms with van der Waals surface area (Å²) >= 11 is 1.84. The summed E-state index contributed by atoms with van der Waals surface area (Å²) < 4.78 is 1.31. The summed E-state index contributed by atoms with van der Waals surface area (Å²) in [5.41, 5.74) is 7.50. The Morgan fingerprint density at radius 1 is 1.26 bits per heavy atom. The van der Waals surface area contributed by atoms with Crippen molar-refractivity contribution in [2.75, 3.05) is 0 Å². The van der Waals surface area contributed by atoms with Crippen LogP contribution in [0.3, 0.4) is 0 Å². The van der Waals surface area contributed by atoms with Gasteiger partial charge >= 0.3 is 0 Å². The molecule has 1 aliphatic carbocycles. The molecular formula is C18H23N3OS. The summed E-state index contributed by atoms with van der Waals surface area (Å²) in [5.74, 6) is 0.105. The fourth-order valence-corrected chi connectivity index (χ4v) is 5.00. The number of hydrogen-bond donors (Lipinski definition) is 3. The molecule has 4 N–H and O–H groups in total. The highest BCUT2D eigenvalue weighted by Gasteiger charge is 2.30. The maximum atomic E-state index is 12.7. The number of nitrogens with one attached hydrogen (secondary N) is 2. The minimum atomic E-state index is -0.144. The lowest BCUT2D eigenvalue weighted by Gasteiger charge is -2.32. The van der Waals surface area contributed by atoms with Crippen LogP contribution in [0.15, 0.2) is 24.3 Å². The van der Waals surface area contributed by atoms with Crippen molar-refractivity contribution in [3.8, 4) is 0 Å². The van der Waals surface area contributed by atoms with E-state index in [1.165, 1.54) is 26.9 Å². The van der Waals surface area contributed by atoms with Gasteiger partial charge in [0, 0.05) is 28.2 Å². The lowest BCUT2D eigenvalue weighted by atomic mass is 9.90. The Kier molecular flexibility index (Phi) is 4.09. The summed E-state index contributed by atoms with van der Waals surface area (Å²) in [6, 6.07) is 8.58. The van der Waals surface area contributed by atoms with Gasteiger partial charge in [-0.3, -0.25) is 4.79 Å². The standard InChI is InChI=1S/C18H23N3OS/c19-13-6-2-3-7-14(13)21-18(22)15-9-12-11-5-1-4-8-16(11)23-17(12)10-20-15/h1,4-5,8,13-15,20H,2-3,6-7,9-10,19H2,(H,21,22)/t13?,14?,15-/m1/s1. The zero-order valence-corrected chi connectivity index (χ0v) is 14.0. The van der Waals surface area contributed by atoms with E-state index in [2.05, 4.69) is 34.9 Å². The highest BCUT2D eigenvalue weighted by molar-refractivity contribution is 7.19. The van der Waals surface area contributed by atoms with Gasteiger partial charge in [-0.15, -0.1) is 11.3 Å². The summed E-state index contributed by atoms with van der Waals surface area (Å²) in [7, 11) is 0. The van der Waals surface area contributed by atoms with E-state index < -0.39 is 0 Å². The normalized spacial score (nSPS) is 27.6. The average molecular weight is 329 g/mol. The molecule has 2 heterocycles. The zero-order valence-electron chi connectivity index (χ0n) is 13.2. The Labute approximate surface area is 140 Å². The van der Waals surface area contributed by atoms with Gasteiger partial charge in [-0.25, -0.2) is 0 Å². The molecule has 2 unspecified atom stereocenters. The fraction of sp³-hybridized carbons (Fsp3) is 0.500. The largest absolute Gasteiger partial charge is 0.350 e. The van der Waals surface area contributed by atoms with Gasteiger partial charge in [-0.05, 0) is 36.3 Å². The van der Waals surface area contributed by atoms with Gasteiger partial charge in [-0.1, -0.05) is 31.0 Å². The van der Waals surface area contributed by atoms with Gasteiger partial charge in [0.25, 0.3) is 0 Å². The maximum absolute atomic E-state index is 12.7. The molecule has 4 rings (SSSR count). The summed E-state index contributed by atoms with van der Waals surface area (Å²) in [6.45, 7) is 0.781. The molecule has 1 aromatic heterocycles. The average Bonchev–Trinajstić information content (AvgIpc) is 2.94. The van der Waals surface area contributed by atoms with Gasteiger partial charge in [-0.2, -0.15) is 0 Å².